The van der Waals surface area contributed by atoms with Crippen molar-refractivity contribution in [2.75, 3.05) is 6.61 Å². The van der Waals surface area contributed by atoms with Gasteiger partial charge in [0.2, 0.25) is 0 Å². The van der Waals surface area contributed by atoms with Gasteiger partial charge in [0.05, 0.1) is 6.61 Å². The second kappa shape index (κ2) is 6.25. The van der Waals surface area contributed by atoms with E-state index in [1.54, 1.807) is 18.2 Å². The van der Waals surface area contributed by atoms with Crippen molar-refractivity contribution < 1.29 is 14.6 Å². The van der Waals surface area contributed by atoms with Crippen molar-refractivity contribution in [1.82, 2.24) is 5.32 Å². The standard InChI is InChI=1S/C13H19NO3/c1-4-17-11-7-5-6-10(8-11)12(13(15)16)14-9(2)3/h5-9,12,14H,4H2,1-3H3,(H,15,16). The van der Waals surface area contributed by atoms with Crippen LogP contribution in [0.2, 0.25) is 0 Å². The van der Waals surface area contributed by atoms with Crippen LogP contribution in [0.15, 0.2) is 24.3 Å². The van der Waals surface area contributed by atoms with Gasteiger partial charge in [0.15, 0.2) is 0 Å². The Kier molecular flexibility index (Phi) is 4.97. The normalized spacial score (nSPS) is 12.5. The Morgan fingerprint density at radius 1 is 1.47 bits per heavy atom. The van der Waals surface area contributed by atoms with Gasteiger partial charge in [0, 0.05) is 6.04 Å². The number of nitrogens with one attached hydrogen (secondary N) is 1. The highest BCUT2D eigenvalue weighted by atomic mass is 16.5. The molecule has 0 aliphatic rings. The lowest BCUT2D eigenvalue weighted by atomic mass is 10.1. The summed E-state index contributed by atoms with van der Waals surface area (Å²) in [6.07, 6.45) is 0. The number of carboxylic acid groups (broad SMARTS) is 1. The van der Waals surface area contributed by atoms with E-state index in [-0.39, 0.29) is 6.04 Å². The van der Waals surface area contributed by atoms with Gasteiger partial charge in [-0.3, -0.25) is 10.1 Å². The zero-order valence-corrected chi connectivity index (χ0v) is 10.4. The van der Waals surface area contributed by atoms with Gasteiger partial charge < -0.3 is 9.84 Å². The van der Waals surface area contributed by atoms with Crippen LogP contribution in [0.25, 0.3) is 0 Å². The molecule has 0 spiro atoms. The van der Waals surface area contributed by atoms with E-state index in [0.29, 0.717) is 17.9 Å². The first-order valence-electron chi connectivity index (χ1n) is 5.76. The average molecular weight is 237 g/mol. The first kappa shape index (κ1) is 13.5. The third kappa shape index (κ3) is 4.07. The Morgan fingerprint density at radius 2 is 2.18 bits per heavy atom. The van der Waals surface area contributed by atoms with Gasteiger partial charge >= 0.3 is 5.97 Å². The van der Waals surface area contributed by atoms with Crippen molar-refractivity contribution in [3.8, 4) is 5.75 Å². The van der Waals surface area contributed by atoms with Crippen LogP contribution in [0.3, 0.4) is 0 Å². The number of carboxylic acids is 1. The van der Waals surface area contributed by atoms with Crippen molar-refractivity contribution >= 4 is 5.97 Å². The van der Waals surface area contributed by atoms with Crippen LogP contribution in [-0.2, 0) is 4.79 Å². The molecule has 4 heteroatoms. The molecule has 17 heavy (non-hydrogen) atoms. The number of hydrogen-bond donors (Lipinski definition) is 2. The Hall–Kier alpha value is -1.55. The van der Waals surface area contributed by atoms with Gasteiger partial charge in [-0.2, -0.15) is 0 Å². The molecule has 0 saturated heterocycles. The van der Waals surface area contributed by atoms with E-state index in [0.717, 1.165) is 0 Å². The number of carbonyl (C=O) groups is 1. The molecule has 0 heterocycles. The Balaban J connectivity index is 2.93. The van der Waals surface area contributed by atoms with Crippen molar-refractivity contribution in [3.63, 3.8) is 0 Å². The van der Waals surface area contributed by atoms with Crippen molar-refractivity contribution in [2.24, 2.45) is 0 Å². The van der Waals surface area contributed by atoms with E-state index >= 15 is 0 Å². The molecule has 0 radical (unpaired) electrons. The van der Waals surface area contributed by atoms with Crippen molar-refractivity contribution in [2.45, 2.75) is 32.9 Å². The minimum atomic E-state index is -0.882. The van der Waals surface area contributed by atoms with Gasteiger partial charge in [-0.15, -0.1) is 0 Å². The molecular formula is C13H19NO3. The van der Waals surface area contributed by atoms with Crippen LogP contribution < -0.4 is 10.1 Å². The first-order chi connectivity index (χ1) is 8.04. The predicted octanol–water partition coefficient (Wildman–Crippen LogP) is 2.21. The van der Waals surface area contributed by atoms with Crippen molar-refractivity contribution in [1.29, 1.82) is 0 Å². The number of hydrogen-bond acceptors (Lipinski definition) is 3. The summed E-state index contributed by atoms with van der Waals surface area (Å²) in [5.74, 6) is -0.186. The van der Waals surface area contributed by atoms with Gasteiger partial charge in [0.25, 0.3) is 0 Å². The Morgan fingerprint density at radius 3 is 2.71 bits per heavy atom. The topological polar surface area (TPSA) is 58.6 Å². The predicted molar refractivity (Wildman–Crippen MR) is 66.3 cm³/mol. The average Bonchev–Trinajstić information content (AvgIpc) is 2.26. The van der Waals surface area contributed by atoms with Crippen LogP contribution in [0.1, 0.15) is 32.4 Å². The van der Waals surface area contributed by atoms with E-state index in [9.17, 15) is 9.90 Å². The largest absolute Gasteiger partial charge is 0.494 e. The molecule has 4 nitrogen and oxygen atoms in total. The molecular weight excluding hydrogens is 218 g/mol. The second-order valence-electron chi connectivity index (χ2n) is 4.10. The fraction of sp³-hybridized carbons (Fsp3) is 0.462. The third-order valence-corrected chi connectivity index (χ3v) is 2.25. The fourth-order valence-corrected chi connectivity index (χ4v) is 1.59. The molecule has 0 amide bonds. The summed E-state index contributed by atoms with van der Waals surface area (Å²) < 4.78 is 5.36. The quantitative estimate of drug-likeness (QED) is 0.796. The zero-order chi connectivity index (χ0) is 12.8. The summed E-state index contributed by atoms with van der Waals surface area (Å²) in [4.78, 5) is 11.2. The molecule has 2 N–H and O–H groups in total. The molecule has 1 aromatic carbocycles. The summed E-state index contributed by atoms with van der Waals surface area (Å²) in [7, 11) is 0. The Labute approximate surface area is 102 Å². The van der Waals surface area contributed by atoms with Crippen LogP contribution in [-0.4, -0.2) is 23.7 Å². The third-order valence-electron chi connectivity index (χ3n) is 2.25. The van der Waals surface area contributed by atoms with E-state index < -0.39 is 12.0 Å². The summed E-state index contributed by atoms with van der Waals surface area (Å²) in [6.45, 7) is 6.30. The monoisotopic (exact) mass is 237 g/mol. The van der Waals surface area contributed by atoms with E-state index in [2.05, 4.69) is 5.32 Å². The van der Waals surface area contributed by atoms with Crippen LogP contribution in [0.5, 0.6) is 5.75 Å². The molecule has 1 atom stereocenters. The number of aliphatic carboxylic acids is 1. The molecule has 0 aliphatic carbocycles. The van der Waals surface area contributed by atoms with Gasteiger partial charge in [-0.25, -0.2) is 0 Å². The lowest BCUT2D eigenvalue weighted by Crippen LogP contribution is -2.33. The maximum atomic E-state index is 11.2. The molecule has 0 aliphatic heterocycles. The lowest BCUT2D eigenvalue weighted by Gasteiger charge is -2.18. The summed E-state index contributed by atoms with van der Waals surface area (Å²) in [6, 6.07) is 6.58. The van der Waals surface area contributed by atoms with Gasteiger partial charge in [-0.05, 0) is 38.5 Å². The van der Waals surface area contributed by atoms with Gasteiger partial charge in [0.1, 0.15) is 11.8 Å². The minimum Gasteiger partial charge on any atom is -0.494 e. The van der Waals surface area contributed by atoms with Crippen LogP contribution in [0.4, 0.5) is 0 Å². The highest BCUT2D eigenvalue weighted by molar-refractivity contribution is 5.75. The minimum absolute atomic E-state index is 0.104. The fourth-order valence-electron chi connectivity index (χ4n) is 1.59. The molecule has 0 bridgehead atoms. The van der Waals surface area contributed by atoms with Gasteiger partial charge in [-0.1, -0.05) is 12.1 Å². The van der Waals surface area contributed by atoms with E-state index in [1.807, 2.05) is 26.8 Å². The summed E-state index contributed by atoms with van der Waals surface area (Å²) in [5.41, 5.74) is 0.706. The second-order valence-corrected chi connectivity index (χ2v) is 4.10. The molecule has 1 unspecified atom stereocenters. The smallest absolute Gasteiger partial charge is 0.325 e. The SMILES string of the molecule is CCOc1cccc(C(NC(C)C)C(=O)O)c1. The number of benzene rings is 1. The molecule has 0 aromatic heterocycles. The molecule has 0 fully saturated rings. The number of ether oxygens (including phenoxy) is 1. The maximum absolute atomic E-state index is 11.2. The summed E-state index contributed by atoms with van der Waals surface area (Å²) in [5, 5.41) is 12.2. The maximum Gasteiger partial charge on any atom is 0.325 e. The molecule has 94 valence electrons. The molecule has 1 rings (SSSR count). The van der Waals surface area contributed by atoms with E-state index in [1.165, 1.54) is 0 Å². The molecule has 1 aromatic rings. The van der Waals surface area contributed by atoms with E-state index in [4.69, 9.17) is 4.74 Å². The first-order valence-corrected chi connectivity index (χ1v) is 5.76. The Bertz CT molecular complexity index is 377. The number of rotatable bonds is 6. The zero-order valence-electron chi connectivity index (χ0n) is 10.4. The van der Waals surface area contributed by atoms with Crippen LogP contribution >= 0.6 is 0 Å². The molecule has 0 saturated carbocycles. The highest BCUT2D eigenvalue weighted by Crippen LogP contribution is 2.20. The summed E-state index contributed by atoms with van der Waals surface area (Å²) >= 11 is 0. The van der Waals surface area contributed by atoms with Crippen LogP contribution in [0, 0.1) is 0 Å². The highest BCUT2D eigenvalue weighted by Gasteiger charge is 2.20. The van der Waals surface area contributed by atoms with Crippen molar-refractivity contribution in [3.05, 3.63) is 29.8 Å². The lowest BCUT2D eigenvalue weighted by molar-refractivity contribution is -0.139.